The molecule has 3 aromatic carbocycles. The van der Waals surface area contributed by atoms with Gasteiger partial charge >= 0.3 is 6.03 Å². The summed E-state index contributed by atoms with van der Waals surface area (Å²) in [5.74, 6) is -2.12. The Labute approximate surface area is 278 Å². The minimum atomic E-state index is -3.46. The quantitative estimate of drug-likeness (QED) is 0.167. The predicted octanol–water partition coefficient (Wildman–Crippen LogP) is 6.65. The molecule has 1 aliphatic heterocycles. The molecule has 250 valence electrons. The largest absolute Gasteiger partial charge is 0.457 e. The number of anilines is 2. The number of primary amides is 1. The Bertz CT molecular complexity index is 1650. The highest BCUT2D eigenvalue weighted by atomic mass is 35.5. The number of piperidine rings is 1. The van der Waals surface area contributed by atoms with E-state index in [0.717, 1.165) is 43.7 Å². The number of rotatable bonds is 12. The summed E-state index contributed by atoms with van der Waals surface area (Å²) in [6, 6.07) is 13.1. The number of hydrogen-bond acceptors (Lipinski definition) is 6. The van der Waals surface area contributed by atoms with Gasteiger partial charge in [0.2, 0.25) is 10.0 Å². The highest BCUT2D eigenvalue weighted by molar-refractivity contribution is 7.92. The molecule has 0 spiro atoms. The third-order valence-electron chi connectivity index (χ3n) is 7.41. The maximum absolute atomic E-state index is 14.2. The lowest BCUT2D eigenvalue weighted by Crippen LogP contribution is -2.50. The van der Waals surface area contributed by atoms with Crippen molar-refractivity contribution in [2.24, 2.45) is 5.73 Å². The molecule has 4 rings (SSSR count). The normalized spacial score (nSPS) is 16.6. The number of likely N-dealkylation sites (tertiary alicyclic amines) is 1. The fraction of sp³-hybridized carbons (Fsp3) is 0.355. The second-order valence-corrected chi connectivity index (χ2v) is 13.2. The van der Waals surface area contributed by atoms with Gasteiger partial charge in [-0.2, -0.15) is 0 Å². The molecule has 1 saturated heterocycles. The maximum atomic E-state index is 14.2. The van der Waals surface area contributed by atoms with Crippen LogP contribution in [0.3, 0.4) is 0 Å². The van der Waals surface area contributed by atoms with Gasteiger partial charge in [0, 0.05) is 37.3 Å². The molecule has 1 aliphatic rings. The van der Waals surface area contributed by atoms with Crippen LogP contribution in [0.5, 0.6) is 11.5 Å². The number of unbranched alkanes of at least 4 members (excludes halogenated alkanes) is 1. The number of nitrogens with two attached hydrogens (primary N) is 1. The van der Waals surface area contributed by atoms with Crippen LogP contribution in [-0.4, -0.2) is 50.1 Å². The van der Waals surface area contributed by atoms with E-state index >= 15 is 0 Å². The van der Waals surface area contributed by atoms with E-state index in [4.69, 9.17) is 22.1 Å². The summed E-state index contributed by atoms with van der Waals surface area (Å²) in [6.07, 6.45) is 5.39. The number of ether oxygens (including phenoxy) is 1. The summed E-state index contributed by atoms with van der Waals surface area (Å²) in [5, 5.41) is 5.46. The van der Waals surface area contributed by atoms with E-state index in [1.165, 1.54) is 12.1 Å². The first kappa shape index (κ1) is 36.8. The summed E-state index contributed by atoms with van der Waals surface area (Å²) in [4.78, 5) is 26.5. The number of amides is 3. The first-order chi connectivity index (χ1) is 21.3. The molecule has 0 saturated carbocycles. The summed E-state index contributed by atoms with van der Waals surface area (Å²) < 4.78 is 59.3. The lowest BCUT2D eigenvalue weighted by Gasteiger charge is -2.40. The molecular weight excluding hydrogens is 663 g/mol. The van der Waals surface area contributed by atoms with Gasteiger partial charge < -0.3 is 21.1 Å². The van der Waals surface area contributed by atoms with Crippen molar-refractivity contribution in [2.45, 2.75) is 57.7 Å². The average molecular weight is 701 g/mol. The second kappa shape index (κ2) is 16.3. The average Bonchev–Trinajstić information content (AvgIpc) is 2.96. The first-order valence-corrected chi connectivity index (χ1v) is 16.7. The Kier molecular flexibility index (Phi) is 13.0. The number of nitrogens with one attached hydrogen (secondary N) is 3. The molecule has 1 fully saturated rings. The summed E-state index contributed by atoms with van der Waals surface area (Å²) in [5.41, 5.74) is 5.63. The molecular formula is C31H37Cl2F2N5O5S. The summed E-state index contributed by atoms with van der Waals surface area (Å²) >= 11 is 6.20. The van der Waals surface area contributed by atoms with Crippen molar-refractivity contribution < 1.29 is 31.5 Å². The SMILES string of the molecule is CCCCC1CC(NC(=O)Nc2cc(C(N)=O)c(F)cc2F)CCN1Cc1ccc(Oc2ccc(NS(C)(=O)=O)c(Cl)c2)cc1.Cl. The standard InChI is InChI=1S/C31H36ClF2N5O5S.ClH/c1-3-4-5-21-14-20(36-31(41)37-29-16-24(30(35)40)26(33)17-27(29)34)12-13-39(21)18-19-6-8-22(9-7-19)44-23-10-11-28(25(32)15-23)38-45(2,42)43;/h6-11,15-17,20-21,38H,3-5,12-14,18H2,1-2H3,(H2,35,40)(H2,36,37,41);1H. The lowest BCUT2D eigenvalue weighted by atomic mass is 9.93. The Morgan fingerprint density at radius 3 is 2.37 bits per heavy atom. The van der Waals surface area contributed by atoms with Gasteiger partial charge in [-0.25, -0.2) is 22.0 Å². The van der Waals surface area contributed by atoms with Crippen molar-refractivity contribution in [1.82, 2.24) is 10.2 Å². The number of carbonyl (C=O) groups excluding carboxylic acids is 2. The minimum Gasteiger partial charge on any atom is -0.457 e. The van der Waals surface area contributed by atoms with Crippen molar-refractivity contribution in [2.75, 3.05) is 22.8 Å². The van der Waals surface area contributed by atoms with Gasteiger partial charge in [-0.3, -0.25) is 14.4 Å². The van der Waals surface area contributed by atoms with Gasteiger partial charge in [-0.15, -0.1) is 12.4 Å². The van der Waals surface area contributed by atoms with Gasteiger partial charge in [0.15, 0.2) is 0 Å². The van der Waals surface area contributed by atoms with Crippen LogP contribution >= 0.6 is 24.0 Å². The smallest absolute Gasteiger partial charge is 0.319 e. The van der Waals surface area contributed by atoms with E-state index < -0.39 is 39.2 Å². The maximum Gasteiger partial charge on any atom is 0.319 e. The number of carbonyl (C=O) groups is 2. The second-order valence-electron chi connectivity index (χ2n) is 11.0. The molecule has 0 aliphatic carbocycles. The Hall–Kier alpha value is -3.65. The van der Waals surface area contributed by atoms with E-state index in [2.05, 4.69) is 27.2 Å². The van der Waals surface area contributed by atoms with Gasteiger partial charge in [-0.05, 0) is 55.2 Å². The zero-order valence-corrected chi connectivity index (χ0v) is 27.7. The van der Waals surface area contributed by atoms with Crippen molar-refractivity contribution in [1.29, 1.82) is 0 Å². The first-order valence-electron chi connectivity index (χ1n) is 14.5. The molecule has 5 N–H and O–H groups in total. The number of nitrogens with zero attached hydrogens (tertiary/aromatic N) is 1. The van der Waals surface area contributed by atoms with E-state index in [-0.39, 0.29) is 40.9 Å². The molecule has 0 bridgehead atoms. The highest BCUT2D eigenvalue weighted by Crippen LogP contribution is 2.31. The Morgan fingerprint density at radius 2 is 1.74 bits per heavy atom. The van der Waals surface area contributed by atoms with Crippen LogP contribution in [0, 0.1) is 11.6 Å². The van der Waals surface area contributed by atoms with Crippen LogP contribution in [0.1, 0.15) is 54.9 Å². The van der Waals surface area contributed by atoms with E-state index in [0.29, 0.717) is 37.0 Å². The van der Waals surface area contributed by atoms with Gasteiger partial charge in [0.05, 0.1) is 28.2 Å². The molecule has 1 heterocycles. The molecule has 10 nitrogen and oxygen atoms in total. The van der Waals surface area contributed by atoms with Gasteiger partial charge in [-0.1, -0.05) is 43.5 Å². The monoisotopic (exact) mass is 699 g/mol. The zero-order chi connectivity index (χ0) is 32.7. The number of hydrogen-bond donors (Lipinski definition) is 4. The lowest BCUT2D eigenvalue weighted by molar-refractivity contribution is 0.0996. The van der Waals surface area contributed by atoms with Crippen molar-refractivity contribution in [3.63, 3.8) is 0 Å². The van der Waals surface area contributed by atoms with Crippen LogP contribution in [0.25, 0.3) is 0 Å². The van der Waals surface area contributed by atoms with Crippen LogP contribution < -0.4 is 25.8 Å². The van der Waals surface area contributed by atoms with Gasteiger partial charge in [0.25, 0.3) is 5.91 Å². The van der Waals surface area contributed by atoms with E-state index in [1.54, 1.807) is 6.07 Å². The third-order valence-corrected chi connectivity index (χ3v) is 8.32. The minimum absolute atomic E-state index is 0. The fourth-order valence-electron chi connectivity index (χ4n) is 5.23. The number of halogens is 4. The number of benzene rings is 3. The van der Waals surface area contributed by atoms with Crippen LogP contribution in [-0.2, 0) is 16.6 Å². The molecule has 15 heteroatoms. The van der Waals surface area contributed by atoms with Crippen molar-refractivity contribution in [3.8, 4) is 11.5 Å². The van der Waals surface area contributed by atoms with Crippen LogP contribution in [0.4, 0.5) is 25.0 Å². The van der Waals surface area contributed by atoms with Crippen molar-refractivity contribution in [3.05, 3.63) is 82.4 Å². The predicted molar refractivity (Wildman–Crippen MR) is 177 cm³/mol. The molecule has 2 atom stereocenters. The topological polar surface area (TPSA) is 143 Å². The number of sulfonamides is 1. The highest BCUT2D eigenvalue weighted by Gasteiger charge is 2.29. The van der Waals surface area contributed by atoms with Crippen LogP contribution in [0.15, 0.2) is 54.6 Å². The molecule has 46 heavy (non-hydrogen) atoms. The van der Waals surface area contributed by atoms with E-state index in [1.807, 2.05) is 24.3 Å². The molecule has 0 aromatic heterocycles. The molecule has 0 radical (unpaired) electrons. The summed E-state index contributed by atoms with van der Waals surface area (Å²) in [6.45, 7) is 3.54. The Morgan fingerprint density at radius 1 is 1.04 bits per heavy atom. The fourth-order valence-corrected chi connectivity index (χ4v) is 6.08. The summed E-state index contributed by atoms with van der Waals surface area (Å²) in [7, 11) is -3.46. The van der Waals surface area contributed by atoms with Crippen LogP contribution in [0.2, 0.25) is 5.02 Å². The third kappa shape index (κ3) is 10.4. The zero-order valence-electron chi connectivity index (χ0n) is 25.3. The van der Waals surface area contributed by atoms with Gasteiger partial charge in [0.1, 0.15) is 23.1 Å². The van der Waals surface area contributed by atoms with E-state index in [9.17, 15) is 26.8 Å². The Balaban J connectivity index is 0.00000576. The number of urea groups is 1. The molecule has 2 unspecified atom stereocenters. The molecule has 3 aromatic rings. The molecule has 3 amide bonds. The van der Waals surface area contributed by atoms with Crippen molar-refractivity contribution >= 4 is 57.3 Å².